The standard InChI is InChI=1S/C18H34/c1-4-6-7-8-9-10-11-12-13-14-15-17-18(3)16-5-2/h5,14-15,18H,2,4,6-13,16-17H2,1,3H3. The van der Waals surface area contributed by atoms with Gasteiger partial charge < -0.3 is 0 Å². The van der Waals surface area contributed by atoms with Gasteiger partial charge in [0.2, 0.25) is 0 Å². The van der Waals surface area contributed by atoms with Gasteiger partial charge in [-0.2, -0.15) is 0 Å². The molecule has 0 saturated heterocycles. The van der Waals surface area contributed by atoms with Crippen LogP contribution in [-0.2, 0) is 0 Å². The second-order valence-corrected chi connectivity index (χ2v) is 5.60. The average molecular weight is 250 g/mol. The fraction of sp³-hybridized carbons (Fsp3) is 0.778. The molecule has 0 nitrogen and oxygen atoms in total. The van der Waals surface area contributed by atoms with Gasteiger partial charge in [-0.05, 0) is 31.6 Å². The lowest BCUT2D eigenvalue weighted by Gasteiger charge is -2.03. The van der Waals surface area contributed by atoms with Crippen LogP contribution in [0.5, 0.6) is 0 Å². The number of hydrogen-bond donors (Lipinski definition) is 0. The maximum absolute atomic E-state index is 3.78. The molecule has 0 N–H and O–H groups in total. The lowest BCUT2D eigenvalue weighted by atomic mass is 10.0. The van der Waals surface area contributed by atoms with E-state index < -0.39 is 0 Å². The zero-order valence-electron chi connectivity index (χ0n) is 12.8. The highest BCUT2D eigenvalue weighted by Gasteiger charge is 1.94. The van der Waals surface area contributed by atoms with Crippen LogP contribution in [0.1, 0.15) is 84.5 Å². The summed E-state index contributed by atoms with van der Waals surface area (Å²) in [7, 11) is 0. The zero-order valence-corrected chi connectivity index (χ0v) is 12.8. The van der Waals surface area contributed by atoms with Gasteiger partial charge >= 0.3 is 0 Å². The first-order chi connectivity index (χ1) is 8.81. The summed E-state index contributed by atoms with van der Waals surface area (Å²) in [4.78, 5) is 0. The van der Waals surface area contributed by atoms with E-state index in [9.17, 15) is 0 Å². The van der Waals surface area contributed by atoms with Gasteiger partial charge in [0, 0.05) is 0 Å². The summed E-state index contributed by atoms with van der Waals surface area (Å²) in [5, 5.41) is 0. The van der Waals surface area contributed by atoms with Crippen LogP contribution in [0.3, 0.4) is 0 Å². The molecule has 0 aromatic rings. The molecule has 0 fully saturated rings. The first kappa shape index (κ1) is 17.5. The van der Waals surface area contributed by atoms with Crippen LogP contribution in [0.4, 0.5) is 0 Å². The van der Waals surface area contributed by atoms with E-state index in [0.717, 1.165) is 12.3 Å². The van der Waals surface area contributed by atoms with Crippen molar-refractivity contribution in [1.29, 1.82) is 0 Å². The van der Waals surface area contributed by atoms with Crippen molar-refractivity contribution in [3.8, 4) is 0 Å². The molecule has 0 spiro atoms. The van der Waals surface area contributed by atoms with Crippen molar-refractivity contribution in [2.75, 3.05) is 0 Å². The highest BCUT2D eigenvalue weighted by molar-refractivity contribution is 4.84. The molecule has 0 heterocycles. The van der Waals surface area contributed by atoms with Gasteiger partial charge in [0.05, 0.1) is 0 Å². The molecule has 0 saturated carbocycles. The molecule has 1 atom stereocenters. The van der Waals surface area contributed by atoms with Crippen molar-refractivity contribution in [3.05, 3.63) is 24.8 Å². The van der Waals surface area contributed by atoms with Gasteiger partial charge in [0.25, 0.3) is 0 Å². The normalized spacial score (nSPS) is 13.0. The van der Waals surface area contributed by atoms with Gasteiger partial charge in [0.1, 0.15) is 0 Å². The third-order valence-electron chi connectivity index (χ3n) is 3.50. The van der Waals surface area contributed by atoms with Crippen molar-refractivity contribution in [2.24, 2.45) is 5.92 Å². The van der Waals surface area contributed by atoms with Crippen LogP contribution in [0.25, 0.3) is 0 Å². The van der Waals surface area contributed by atoms with Crippen molar-refractivity contribution in [1.82, 2.24) is 0 Å². The summed E-state index contributed by atoms with van der Waals surface area (Å²) < 4.78 is 0. The molecule has 18 heavy (non-hydrogen) atoms. The van der Waals surface area contributed by atoms with E-state index in [4.69, 9.17) is 0 Å². The van der Waals surface area contributed by atoms with Gasteiger partial charge in [-0.25, -0.2) is 0 Å². The molecule has 0 radical (unpaired) electrons. The van der Waals surface area contributed by atoms with E-state index in [2.05, 4.69) is 32.6 Å². The summed E-state index contributed by atoms with van der Waals surface area (Å²) in [6.07, 6.45) is 21.7. The highest BCUT2D eigenvalue weighted by Crippen LogP contribution is 2.11. The van der Waals surface area contributed by atoms with Crippen molar-refractivity contribution < 1.29 is 0 Å². The summed E-state index contributed by atoms with van der Waals surface area (Å²) in [5.41, 5.74) is 0. The minimum atomic E-state index is 0.761. The van der Waals surface area contributed by atoms with E-state index in [1.54, 1.807) is 0 Å². The summed E-state index contributed by atoms with van der Waals surface area (Å²) in [5.74, 6) is 0.761. The molecule has 0 amide bonds. The van der Waals surface area contributed by atoms with Crippen LogP contribution in [-0.4, -0.2) is 0 Å². The molecule has 0 aromatic carbocycles. The highest BCUT2D eigenvalue weighted by atomic mass is 14.0. The lowest BCUT2D eigenvalue weighted by molar-refractivity contribution is 0.576. The van der Waals surface area contributed by atoms with E-state index in [0.29, 0.717) is 0 Å². The smallest absolute Gasteiger partial charge is 0.0322 e. The number of rotatable bonds is 13. The molecule has 0 aliphatic heterocycles. The fourth-order valence-electron chi connectivity index (χ4n) is 2.22. The van der Waals surface area contributed by atoms with Crippen molar-refractivity contribution in [3.63, 3.8) is 0 Å². The predicted octanol–water partition coefficient (Wildman–Crippen LogP) is 6.68. The molecule has 0 aliphatic rings. The minimum Gasteiger partial charge on any atom is -0.103 e. The predicted molar refractivity (Wildman–Crippen MR) is 85.0 cm³/mol. The zero-order chi connectivity index (χ0) is 13.5. The van der Waals surface area contributed by atoms with Crippen LogP contribution >= 0.6 is 0 Å². The molecular weight excluding hydrogens is 216 g/mol. The second kappa shape index (κ2) is 14.5. The van der Waals surface area contributed by atoms with Gasteiger partial charge in [-0.15, -0.1) is 6.58 Å². The Labute approximate surface area is 116 Å². The Kier molecular flexibility index (Phi) is 14.1. The first-order valence-electron chi connectivity index (χ1n) is 8.07. The Morgan fingerprint density at radius 3 is 2.06 bits per heavy atom. The molecule has 0 aliphatic carbocycles. The Balaban J connectivity index is 3.15. The summed E-state index contributed by atoms with van der Waals surface area (Å²) in [6.45, 7) is 8.36. The van der Waals surface area contributed by atoms with Crippen molar-refractivity contribution >= 4 is 0 Å². The van der Waals surface area contributed by atoms with Gasteiger partial charge in [-0.3, -0.25) is 0 Å². The maximum Gasteiger partial charge on any atom is -0.0322 e. The Morgan fingerprint density at radius 1 is 0.833 bits per heavy atom. The summed E-state index contributed by atoms with van der Waals surface area (Å²) >= 11 is 0. The largest absolute Gasteiger partial charge is 0.103 e. The SMILES string of the molecule is C=CCC(C)CC=CCCCCCCCCCC. The molecular formula is C18H34. The van der Waals surface area contributed by atoms with Crippen LogP contribution in [0.2, 0.25) is 0 Å². The second-order valence-electron chi connectivity index (χ2n) is 5.60. The average Bonchev–Trinajstić information content (AvgIpc) is 2.36. The Bertz CT molecular complexity index is 190. The summed E-state index contributed by atoms with van der Waals surface area (Å²) in [6, 6.07) is 0. The Morgan fingerprint density at radius 2 is 1.44 bits per heavy atom. The Hall–Kier alpha value is -0.520. The van der Waals surface area contributed by atoms with E-state index in [-0.39, 0.29) is 0 Å². The van der Waals surface area contributed by atoms with Crippen molar-refractivity contribution in [2.45, 2.75) is 84.5 Å². The monoisotopic (exact) mass is 250 g/mol. The van der Waals surface area contributed by atoms with E-state index >= 15 is 0 Å². The maximum atomic E-state index is 3.78. The number of allylic oxidation sites excluding steroid dienone is 3. The fourth-order valence-corrected chi connectivity index (χ4v) is 2.22. The molecule has 1 unspecified atom stereocenters. The van der Waals surface area contributed by atoms with Crippen LogP contribution in [0, 0.1) is 5.92 Å². The van der Waals surface area contributed by atoms with Crippen LogP contribution in [0.15, 0.2) is 24.8 Å². The molecule has 0 heteroatoms. The topological polar surface area (TPSA) is 0 Å². The quantitative estimate of drug-likeness (QED) is 0.253. The third-order valence-corrected chi connectivity index (χ3v) is 3.50. The van der Waals surface area contributed by atoms with Gasteiger partial charge in [0.15, 0.2) is 0 Å². The first-order valence-corrected chi connectivity index (χ1v) is 8.07. The molecule has 0 aromatic heterocycles. The lowest BCUT2D eigenvalue weighted by Crippen LogP contribution is -1.88. The van der Waals surface area contributed by atoms with Gasteiger partial charge in [-0.1, -0.05) is 77.0 Å². The van der Waals surface area contributed by atoms with E-state index in [1.165, 1.54) is 64.2 Å². The number of unbranched alkanes of at least 4 members (excludes halogenated alkanes) is 8. The molecule has 106 valence electrons. The minimum absolute atomic E-state index is 0.761. The molecule has 0 bridgehead atoms. The van der Waals surface area contributed by atoms with E-state index in [1.807, 2.05) is 6.08 Å². The van der Waals surface area contributed by atoms with Crippen LogP contribution < -0.4 is 0 Å². The molecule has 0 rings (SSSR count). The third kappa shape index (κ3) is 13.5. The number of hydrogen-bond acceptors (Lipinski definition) is 0.